The number of halogens is 2. The molecular formula is C12H17BrFN3O3S. The number of sulfonamides is 1. The molecule has 0 aliphatic rings. The van der Waals surface area contributed by atoms with E-state index in [1.165, 1.54) is 6.92 Å². The number of hydrogen-bond donors (Lipinski definition) is 3. The lowest BCUT2D eigenvalue weighted by atomic mass is 10.3. The Kier molecular flexibility index (Phi) is 5.71. The first-order valence-corrected chi connectivity index (χ1v) is 8.39. The van der Waals surface area contributed by atoms with E-state index in [4.69, 9.17) is 5.73 Å². The van der Waals surface area contributed by atoms with Gasteiger partial charge in [0.15, 0.2) is 0 Å². The maximum absolute atomic E-state index is 13.8. The summed E-state index contributed by atoms with van der Waals surface area (Å²) in [6.07, 6.45) is 0. The number of carbonyl (C=O) groups is 1. The zero-order valence-corrected chi connectivity index (χ0v) is 14.2. The van der Waals surface area contributed by atoms with Gasteiger partial charge in [-0.25, -0.2) is 12.8 Å². The number of anilines is 1. The molecule has 0 saturated carbocycles. The molecule has 0 aliphatic carbocycles. The van der Waals surface area contributed by atoms with Crippen LogP contribution in [0.4, 0.5) is 10.1 Å². The quantitative estimate of drug-likeness (QED) is 0.670. The van der Waals surface area contributed by atoms with Gasteiger partial charge in [0.25, 0.3) is 0 Å². The summed E-state index contributed by atoms with van der Waals surface area (Å²) in [6, 6.07) is 0.781. The van der Waals surface area contributed by atoms with Crippen molar-refractivity contribution < 1.29 is 17.6 Å². The second-order valence-electron chi connectivity index (χ2n) is 4.81. The maximum atomic E-state index is 13.8. The second kappa shape index (κ2) is 6.71. The molecule has 0 aromatic heterocycles. The fourth-order valence-corrected chi connectivity index (χ4v) is 3.12. The molecule has 1 aromatic carbocycles. The van der Waals surface area contributed by atoms with E-state index in [1.807, 2.05) is 0 Å². The number of nitrogens with one attached hydrogen (secondary N) is 2. The highest BCUT2D eigenvalue weighted by atomic mass is 79.9. The van der Waals surface area contributed by atoms with E-state index >= 15 is 0 Å². The summed E-state index contributed by atoms with van der Waals surface area (Å²) in [6.45, 7) is 4.86. The van der Waals surface area contributed by atoms with E-state index in [9.17, 15) is 17.6 Å². The number of rotatable bonds is 5. The highest BCUT2D eigenvalue weighted by molar-refractivity contribution is 9.10. The fraction of sp³-hybridized carbons (Fsp3) is 0.417. The molecular weight excluding hydrogens is 365 g/mol. The summed E-state index contributed by atoms with van der Waals surface area (Å²) in [7, 11) is -4.20. The van der Waals surface area contributed by atoms with E-state index in [0.29, 0.717) is 0 Å². The van der Waals surface area contributed by atoms with Gasteiger partial charge in [0.1, 0.15) is 10.7 Å². The van der Waals surface area contributed by atoms with Gasteiger partial charge in [0, 0.05) is 16.2 Å². The smallest absolute Gasteiger partial charge is 0.244 e. The van der Waals surface area contributed by atoms with Crippen LogP contribution in [-0.2, 0) is 14.8 Å². The highest BCUT2D eigenvalue weighted by Crippen LogP contribution is 2.26. The molecule has 6 nitrogen and oxygen atoms in total. The molecule has 0 bridgehead atoms. The van der Waals surface area contributed by atoms with Crippen LogP contribution in [0.25, 0.3) is 0 Å². The first-order valence-electron chi connectivity index (χ1n) is 6.12. The van der Waals surface area contributed by atoms with Crippen LogP contribution >= 0.6 is 15.9 Å². The highest BCUT2D eigenvalue weighted by Gasteiger charge is 2.25. The van der Waals surface area contributed by atoms with Crippen molar-refractivity contribution in [1.82, 2.24) is 10.0 Å². The molecule has 0 saturated heterocycles. The van der Waals surface area contributed by atoms with Gasteiger partial charge in [-0.2, -0.15) is 4.72 Å². The summed E-state index contributed by atoms with van der Waals surface area (Å²) >= 11 is 3.00. The molecule has 9 heteroatoms. The topological polar surface area (TPSA) is 101 Å². The Morgan fingerprint density at radius 2 is 1.90 bits per heavy atom. The Hall–Kier alpha value is -1.19. The number of benzene rings is 1. The van der Waals surface area contributed by atoms with Crippen LogP contribution in [0.1, 0.15) is 20.8 Å². The van der Waals surface area contributed by atoms with Gasteiger partial charge in [0.05, 0.1) is 6.04 Å². The van der Waals surface area contributed by atoms with Gasteiger partial charge in [-0.15, -0.1) is 0 Å². The normalized spacial score (nSPS) is 13.2. The average molecular weight is 382 g/mol. The Labute approximate surface area is 131 Å². The zero-order valence-electron chi connectivity index (χ0n) is 11.8. The van der Waals surface area contributed by atoms with Crippen molar-refractivity contribution >= 4 is 37.5 Å². The molecule has 0 radical (unpaired) electrons. The molecule has 118 valence electrons. The Balaban J connectivity index is 3.02. The maximum Gasteiger partial charge on any atom is 0.244 e. The van der Waals surface area contributed by atoms with E-state index < -0.39 is 32.7 Å². The number of hydrogen-bond acceptors (Lipinski definition) is 4. The summed E-state index contributed by atoms with van der Waals surface area (Å²) in [5, 5.41) is 2.56. The molecule has 0 aliphatic heterocycles. The summed E-state index contributed by atoms with van der Waals surface area (Å²) in [5.41, 5.74) is 5.64. The summed E-state index contributed by atoms with van der Waals surface area (Å²) < 4.78 is 40.4. The van der Waals surface area contributed by atoms with Gasteiger partial charge in [-0.05, 0) is 48.8 Å². The largest absolute Gasteiger partial charge is 0.398 e. The minimum absolute atomic E-state index is 0.0797. The van der Waals surface area contributed by atoms with Crippen LogP contribution in [-0.4, -0.2) is 26.4 Å². The van der Waals surface area contributed by atoms with Crippen molar-refractivity contribution in [2.45, 2.75) is 37.8 Å². The molecule has 21 heavy (non-hydrogen) atoms. The van der Waals surface area contributed by atoms with Crippen LogP contribution in [0.15, 0.2) is 21.5 Å². The lowest BCUT2D eigenvalue weighted by molar-refractivity contribution is -0.122. The minimum Gasteiger partial charge on any atom is -0.398 e. The third-order valence-corrected chi connectivity index (χ3v) is 4.74. The number of nitrogen functional groups attached to an aromatic ring is 1. The van der Waals surface area contributed by atoms with Crippen molar-refractivity contribution in [1.29, 1.82) is 0 Å². The minimum atomic E-state index is -4.20. The van der Waals surface area contributed by atoms with Gasteiger partial charge >= 0.3 is 0 Å². The zero-order chi connectivity index (χ0) is 16.4. The number of nitrogens with two attached hydrogens (primary N) is 1. The predicted molar refractivity (Wildman–Crippen MR) is 81.6 cm³/mol. The summed E-state index contributed by atoms with van der Waals surface area (Å²) in [4.78, 5) is 11.1. The lowest BCUT2D eigenvalue weighted by Gasteiger charge is -2.16. The fourth-order valence-electron chi connectivity index (χ4n) is 1.51. The molecule has 0 spiro atoms. The first-order chi connectivity index (χ1) is 9.54. The van der Waals surface area contributed by atoms with E-state index in [1.54, 1.807) is 13.8 Å². The predicted octanol–water partition coefficient (Wildman–Crippen LogP) is 1.36. The third kappa shape index (κ3) is 4.65. The summed E-state index contributed by atoms with van der Waals surface area (Å²) in [5.74, 6) is -1.46. The third-order valence-electron chi connectivity index (χ3n) is 2.50. The molecule has 1 unspecified atom stereocenters. The Bertz CT molecular complexity index is 649. The average Bonchev–Trinajstić information content (AvgIpc) is 2.32. The van der Waals surface area contributed by atoms with Crippen LogP contribution in [0.2, 0.25) is 0 Å². The van der Waals surface area contributed by atoms with Crippen LogP contribution in [0.3, 0.4) is 0 Å². The molecule has 1 rings (SSSR count). The van der Waals surface area contributed by atoms with Crippen LogP contribution in [0.5, 0.6) is 0 Å². The van der Waals surface area contributed by atoms with Crippen LogP contribution < -0.4 is 15.8 Å². The molecule has 0 fully saturated rings. The number of carbonyl (C=O) groups excluding carboxylic acids is 1. The first kappa shape index (κ1) is 17.9. The Morgan fingerprint density at radius 1 is 1.33 bits per heavy atom. The van der Waals surface area contributed by atoms with Crippen molar-refractivity contribution in [2.75, 3.05) is 5.73 Å². The number of amides is 1. The van der Waals surface area contributed by atoms with Gasteiger partial charge in [0.2, 0.25) is 15.9 Å². The van der Waals surface area contributed by atoms with E-state index in [0.717, 1.165) is 12.1 Å². The molecule has 4 N–H and O–H groups in total. The van der Waals surface area contributed by atoms with Gasteiger partial charge in [-0.1, -0.05) is 0 Å². The van der Waals surface area contributed by atoms with Crippen molar-refractivity contribution in [3.05, 3.63) is 22.4 Å². The van der Waals surface area contributed by atoms with Crippen molar-refractivity contribution in [2.24, 2.45) is 0 Å². The van der Waals surface area contributed by atoms with Crippen LogP contribution in [0, 0.1) is 5.82 Å². The molecule has 1 aromatic rings. The second-order valence-corrected chi connectivity index (χ2v) is 7.35. The van der Waals surface area contributed by atoms with Crippen molar-refractivity contribution in [3.63, 3.8) is 0 Å². The van der Waals surface area contributed by atoms with E-state index in [2.05, 4.69) is 26.0 Å². The van der Waals surface area contributed by atoms with Gasteiger partial charge in [-0.3, -0.25) is 4.79 Å². The molecule has 1 atom stereocenters. The van der Waals surface area contributed by atoms with E-state index in [-0.39, 0.29) is 16.2 Å². The van der Waals surface area contributed by atoms with Crippen molar-refractivity contribution in [3.8, 4) is 0 Å². The standard InChI is InChI=1S/C12H17BrFN3O3S/c1-6(2)16-12(18)7(3)17-21(19,20)11-5-10(15)8(13)4-9(11)14/h4-7,17H,15H2,1-3H3,(H,16,18). The molecule has 1 amide bonds. The monoisotopic (exact) mass is 381 g/mol. The Morgan fingerprint density at radius 3 is 2.43 bits per heavy atom. The lowest BCUT2D eigenvalue weighted by Crippen LogP contribution is -2.46. The SMILES string of the molecule is CC(C)NC(=O)C(C)NS(=O)(=O)c1cc(N)c(Br)cc1F. The molecule has 0 heterocycles. The van der Waals surface area contributed by atoms with Gasteiger partial charge < -0.3 is 11.1 Å².